The molecular formula is C15H24N2O2. The van der Waals surface area contributed by atoms with Gasteiger partial charge in [-0.25, -0.2) is 0 Å². The molecule has 1 atom stereocenters. The summed E-state index contributed by atoms with van der Waals surface area (Å²) in [5.74, 6) is 2.82. The van der Waals surface area contributed by atoms with Crippen LogP contribution in [0, 0.1) is 12.8 Å². The Labute approximate surface area is 115 Å². The number of ether oxygens (including phenoxy) is 1. The number of nitrogens with one attached hydrogen (secondary N) is 1. The third-order valence-corrected chi connectivity index (χ3v) is 4.31. The van der Waals surface area contributed by atoms with E-state index in [4.69, 9.17) is 9.15 Å². The third kappa shape index (κ3) is 3.02. The number of hydrogen-bond acceptors (Lipinski definition) is 4. The lowest BCUT2D eigenvalue weighted by molar-refractivity contribution is 0.0146. The molecule has 0 aromatic carbocycles. The van der Waals surface area contributed by atoms with Crippen LogP contribution in [0.5, 0.6) is 0 Å². The van der Waals surface area contributed by atoms with E-state index in [-0.39, 0.29) is 0 Å². The highest BCUT2D eigenvalue weighted by atomic mass is 16.5. The van der Waals surface area contributed by atoms with Crippen molar-refractivity contribution in [2.24, 2.45) is 5.92 Å². The van der Waals surface area contributed by atoms with E-state index >= 15 is 0 Å². The van der Waals surface area contributed by atoms with Crippen LogP contribution >= 0.6 is 0 Å². The van der Waals surface area contributed by atoms with Crippen LogP contribution in [0.4, 0.5) is 0 Å². The molecule has 3 heterocycles. The first kappa shape index (κ1) is 13.2. The molecule has 1 aromatic rings. The second-order valence-corrected chi connectivity index (χ2v) is 5.63. The Kier molecular flexibility index (Phi) is 4.21. The second kappa shape index (κ2) is 6.07. The van der Waals surface area contributed by atoms with E-state index in [1.807, 2.05) is 6.92 Å². The fourth-order valence-electron chi connectivity index (χ4n) is 3.31. The van der Waals surface area contributed by atoms with Gasteiger partial charge in [-0.3, -0.25) is 4.90 Å². The standard InChI is InChI=1S/C15H24N2O2/c1-12-2-3-14(19-12)15(13-4-10-18-11-5-13)17-8-6-16-7-9-17/h2-3,13,15-16H,4-11H2,1H3/t15-/m1/s1. The van der Waals surface area contributed by atoms with Crippen molar-refractivity contribution in [1.82, 2.24) is 10.2 Å². The van der Waals surface area contributed by atoms with Gasteiger partial charge in [0.1, 0.15) is 11.5 Å². The summed E-state index contributed by atoms with van der Waals surface area (Å²) in [6.07, 6.45) is 2.29. The fourth-order valence-corrected chi connectivity index (χ4v) is 3.31. The van der Waals surface area contributed by atoms with Crippen molar-refractivity contribution < 1.29 is 9.15 Å². The second-order valence-electron chi connectivity index (χ2n) is 5.63. The summed E-state index contributed by atoms with van der Waals surface area (Å²) in [4.78, 5) is 2.59. The third-order valence-electron chi connectivity index (χ3n) is 4.31. The first-order valence-corrected chi connectivity index (χ1v) is 7.43. The zero-order chi connectivity index (χ0) is 13.1. The van der Waals surface area contributed by atoms with Crippen molar-refractivity contribution in [3.05, 3.63) is 23.7 Å². The summed E-state index contributed by atoms with van der Waals surface area (Å²) in [5, 5.41) is 3.43. The number of aryl methyl sites for hydroxylation is 1. The molecule has 0 radical (unpaired) electrons. The van der Waals surface area contributed by atoms with Gasteiger partial charge in [0.2, 0.25) is 0 Å². The lowest BCUT2D eigenvalue weighted by atomic mass is 9.88. The summed E-state index contributed by atoms with van der Waals surface area (Å²) in [6, 6.07) is 4.68. The highest BCUT2D eigenvalue weighted by Crippen LogP contribution is 2.36. The molecule has 0 spiro atoms. The number of rotatable bonds is 3. The molecule has 4 heteroatoms. The van der Waals surface area contributed by atoms with E-state index in [1.54, 1.807) is 0 Å². The van der Waals surface area contributed by atoms with Crippen LogP contribution < -0.4 is 5.32 Å². The van der Waals surface area contributed by atoms with Crippen molar-refractivity contribution in [3.8, 4) is 0 Å². The molecule has 0 bridgehead atoms. The van der Waals surface area contributed by atoms with E-state index in [2.05, 4.69) is 22.3 Å². The molecule has 1 aromatic heterocycles. The molecule has 0 unspecified atom stereocenters. The molecule has 19 heavy (non-hydrogen) atoms. The van der Waals surface area contributed by atoms with Crippen molar-refractivity contribution in [3.63, 3.8) is 0 Å². The molecule has 3 rings (SSSR count). The number of hydrogen-bond donors (Lipinski definition) is 1. The summed E-state index contributed by atoms with van der Waals surface area (Å²) in [7, 11) is 0. The summed E-state index contributed by atoms with van der Waals surface area (Å²) in [6.45, 7) is 8.21. The van der Waals surface area contributed by atoms with Gasteiger partial charge in [0.15, 0.2) is 0 Å². The van der Waals surface area contributed by atoms with Crippen molar-refractivity contribution in [2.75, 3.05) is 39.4 Å². The van der Waals surface area contributed by atoms with Crippen LogP contribution in [0.3, 0.4) is 0 Å². The average molecular weight is 264 g/mol. The predicted molar refractivity (Wildman–Crippen MR) is 74.2 cm³/mol. The summed E-state index contributed by atoms with van der Waals surface area (Å²) >= 11 is 0. The van der Waals surface area contributed by atoms with Gasteiger partial charge in [-0.15, -0.1) is 0 Å². The van der Waals surface area contributed by atoms with Crippen LogP contribution in [0.1, 0.15) is 30.4 Å². The summed E-state index contributed by atoms with van der Waals surface area (Å²) < 4.78 is 11.5. The van der Waals surface area contributed by atoms with Crippen LogP contribution in [-0.4, -0.2) is 44.3 Å². The topological polar surface area (TPSA) is 37.6 Å². The molecule has 0 aliphatic carbocycles. The smallest absolute Gasteiger partial charge is 0.121 e. The van der Waals surface area contributed by atoms with Crippen LogP contribution in [0.25, 0.3) is 0 Å². The molecule has 2 aliphatic heterocycles. The van der Waals surface area contributed by atoms with E-state index < -0.39 is 0 Å². The SMILES string of the molecule is Cc1ccc([C@@H](C2CCOCC2)N2CCNCC2)o1. The lowest BCUT2D eigenvalue weighted by Gasteiger charge is -2.39. The quantitative estimate of drug-likeness (QED) is 0.905. The maximum Gasteiger partial charge on any atom is 0.121 e. The fraction of sp³-hybridized carbons (Fsp3) is 0.733. The molecule has 0 saturated carbocycles. The largest absolute Gasteiger partial charge is 0.465 e. The van der Waals surface area contributed by atoms with Crippen LogP contribution in [0.2, 0.25) is 0 Å². The Hall–Kier alpha value is -0.840. The molecule has 2 fully saturated rings. The molecule has 0 amide bonds. The summed E-state index contributed by atoms with van der Waals surface area (Å²) in [5.41, 5.74) is 0. The Morgan fingerprint density at radius 2 is 1.95 bits per heavy atom. The molecule has 1 N–H and O–H groups in total. The van der Waals surface area contributed by atoms with Crippen LogP contribution in [-0.2, 0) is 4.74 Å². The van der Waals surface area contributed by atoms with Gasteiger partial charge in [0.05, 0.1) is 6.04 Å². The van der Waals surface area contributed by atoms with Gasteiger partial charge in [-0.1, -0.05) is 0 Å². The first-order chi connectivity index (χ1) is 9.34. The molecule has 106 valence electrons. The number of piperazine rings is 1. The Morgan fingerprint density at radius 3 is 2.58 bits per heavy atom. The minimum Gasteiger partial charge on any atom is -0.465 e. The van der Waals surface area contributed by atoms with Gasteiger partial charge in [-0.2, -0.15) is 0 Å². The number of furan rings is 1. The average Bonchev–Trinajstić information content (AvgIpc) is 2.88. The van der Waals surface area contributed by atoms with Crippen molar-refractivity contribution in [1.29, 1.82) is 0 Å². The highest BCUT2D eigenvalue weighted by molar-refractivity contribution is 5.12. The predicted octanol–water partition coefficient (Wildman–Crippen LogP) is 1.96. The van der Waals surface area contributed by atoms with Crippen molar-refractivity contribution in [2.45, 2.75) is 25.8 Å². The Morgan fingerprint density at radius 1 is 1.21 bits per heavy atom. The Balaban J connectivity index is 1.81. The first-order valence-electron chi connectivity index (χ1n) is 7.43. The zero-order valence-corrected chi connectivity index (χ0v) is 11.7. The van der Waals surface area contributed by atoms with Crippen molar-refractivity contribution >= 4 is 0 Å². The van der Waals surface area contributed by atoms with Gasteiger partial charge in [0, 0.05) is 39.4 Å². The van der Waals surface area contributed by atoms with Crippen LogP contribution in [0.15, 0.2) is 16.5 Å². The minimum atomic E-state index is 0.430. The van der Waals surface area contributed by atoms with E-state index in [9.17, 15) is 0 Å². The van der Waals surface area contributed by atoms with Gasteiger partial charge in [0.25, 0.3) is 0 Å². The Bertz CT molecular complexity index is 375. The lowest BCUT2D eigenvalue weighted by Crippen LogP contribution is -2.47. The van der Waals surface area contributed by atoms with Gasteiger partial charge < -0.3 is 14.5 Å². The monoisotopic (exact) mass is 264 g/mol. The van der Waals surface area contributed by atoms with E-state index in [0.717, 1.165) is 63.8 Å². The highest BCUT2D eigenvalue weighted by Gasteiger charge is 2.33. The molecule has 2 aliphatic rings. The zero-order valence-electron chi connectivity index (χ0n) is 11.7. The normalized spacial score (nSPS) is 24.5. The minimum absolute atomic E-state index is 0.430. The maximum absolute atomic E-state index is 5.95. The van der Waals surface area contributed by atoms with E-state index in [0.29, 0.717) is 12.0 Å². The molecule has 4 nitrogen and oxygen atoms in total. The molecule has 2 saturated heterocycles. The van der Waals surface area contributed by atoms with Gasteiger partial charge in [-0.05, 0) is 37.8 Å². The maximum atomic E-state index is 5.95. The number of nitrogens with zero attached hydrogens (tertiary/aromatic N) is 1. The van der Waals surface area contributed by atoms with E-state index in [1.165, 1.54) is 0 Å². The molecular weight excluding hydrogens is 240 g/mol. The van der Waals surface area contributed by atoms with Gasteiger partial charge >= 0.3 is 0 Å².